The average molecular weight is 189 g/mol. The minimum absolute atomic E-state index is 0.309. The molecular weight excluding hydrogens is 170 g/mol. The summed E-state index contributed by atoms with van der Waals surface area (Å²) >= 11 is 0. The van der Waals surface area contributed by atoms with Crippen LogP contribution in [0.25, 0.3) is 0 Å². The molecule has 0 saturated carbocycles. The number of carbonyl (C=O) groups is 1. The van der Waals surface area contributed by atoms with E-state index < -0.39 is 14.2 Å². The normalized spacial score (nSPS) is 14.8. The van der Waals surface area contributed by atoms with Gasteiger partial charge in [-0.1, -0.05) is 26.6 Å². The Morgan fingerprint density at radius 1 is 1.50 bits per heavy atom. The van der Waals surface area contributed by atoms with Crippen LogP contribution in [0, 0.1) is 0 Å². The molecule has 0 aliphatic heterocycles. The summed E-state index contributed by atoms with van der Waals surface area (Å²) in [6, 6.07) is -0.309. The molecule has 0 aliphatic rings. The molecule has 1 N–H and O–H groups in total. The molecule has 0 heterocycles. The van der Waals surface area contributed by atoms with Crippen LogP contribution in [0.4, 0.5) is 0 Å². The fourth-order valence-electron chi connectivity index (χ4n) is 1.08. The molecule has 12 heavy (non-hydrogen) atoms. The van der Waals surface area contributed by atoms with Crippen LogP contribution >= 0.6 is 0 Å². The Hall–Kier alpha value is -0.353. The van der Waals surface area contributed by atoms with E-state index in [1.165, 1.54) is 0 Å². The number of carboxylic acids is 1. The van der Waals surface area contributed by atoms with Crippen molar-refractivity contribution in [1.29, 1.82) is 0 Å². The highest BCUT2D eigenvalue weighted by Gasteiger charge is 2.30. The lowest BCUT2D eigenvalue weighted by Crippen LogP contribution is -2.52. The van der Waals surface area contributed by atoms with Crippen LogP contribution in [0.1, 0.15) is 13.3 Å². The van der Waals surface area contributed by atoms with Crippen molar-refractivity contribution < 1.29 is 9.90 Å². The first-order valence-electron chi connectivity index (χ1n) is 4.26. The first-order valence-corrected chi connectivity index (χ1v) is 7.71. The first kappa shape index (κ1) is 11.6. The minimum atomic E-state index is -1.45. The highest BCUT2D eigenvalue weighted by atomic mass is 28.3. The summed E-state index contributed by atoms with van der Waals surface area (Å²) in [7, 11) is 0.456. The molecular formula is C8H19NO2Si. The lowest BCUT2D eigenvalue weighted by Gasteiger charge is -2.34. The SMILES string of the molecule is CCC(C(=O)O)N(C)[Si](C)(C)C. The second-order valence-corrected chi connectivity index (χ2v) is 9.09. The molecule has 72 valence electrons. The summed E-state index contributed by atoms with van der Waals surface area (Å²) < 4.78 is 2.02. The number of aliphatic carboxylic acids is 1. The van der Waals surface area contributed by atoms with Gasteiger partial charge in [-0.3, -0.25) is 4.79 Å². The van der Waals surface area contributed by atoms with Crippen molar-refractivity contribution in [3.05, 3.63) is 0 Å². The van der Waals surface area contributed by atoms with Crippen LogP contribution in [-0.4, -0.2) is 37.0 Å². The third-order valence-corrected chi connectivity index (χ3v) is 4.63. The zero-order chi connectivity index (χ0) is 9.94. The van der Waals surface area contributed by atoms with Crippen molar-refractivity contribution in [3.8, 4) is 0 Å². The Balaban J connectivity index is 4.42. The van der Waals surface area contributed by atoms with Crippen LogP contribution < -0.4 is 0 Å². The topological polar surface area (TPSA) is 40.5 Å². The molecule has 0 amide bonds. The third-order valence-electron chi connectivity index (χ3n) is 2.20. The average Bonchev–Trinajstić information content (AvgIpc) is 1.86. The van der Waals surface area contributed by atoms with E-state index in [-0.39, 0.29) is 6.04 Å². The van der Waals surface area contributed by atoms with E-state index in [1.54, 1.807) is 0 Å². The third kappa shape index (κ3) is 2.95. The molecule has 1 unspecified atom stereocenters. The van der Waals surface area contributed by atoms with E-state index in [0.29, 0.717) is 6.42 Å². The van der Waals surface area contributed by atoms with E-state index in [9.17, 15) is 4.79 Å². The number of hydrogen-bond acceptors (Lipinski definition) is 2. The van der Waals surface area contributed by atoms with Gasteiger partial charge in [-0.2, -0.15) is 0 Å². The van der Waals surface area contributed by atoms with E-state index in [1.807, 2.05) is 18.5 Å². The largest absolute Gasteiger partial charge is 0.480 e. The fourth-order valence-corrected chi connectivity index (χ4v) is 2.31. The number of hydrogen-bond donors (Lipinski definition) is 1. The van der Waals surface area contributed by atoms with E-state index in [0.717, 1.165) is 0 Å². The summed E-state index contributed by atoms with van der Waals surface area (Å²) in [5.41, 5.74) is 0. The maximum Gasteiger partial charge on any atom is 0.320 e. The summed E-state index contributed by atoms with van der Waals surface area (Å²) in [5.74, 6) is -0.706. The van der Waals surface area contributed by atoms with Crippen LogP contribution in [0.3, 0.4) is 0 Å². The molecule has 1 atom stereocenters. The predicted octanol–water partition coefficient (Wildman–Crippen LogP) is 1.62. The predicted molar refractivity (Wildman–Crippen MR) is 52.8 cm³/mol. The summed E-state index contributed by atoms with van der Waals surface area (Å²) in [6.45, 7) is 8.37. The van der Waals surface area contributed by atoms with Crippen LogP contribution in [-0.2, 0) is 4.79 Å². The zero-order valence-corrected chi connectivity index (χ0v) is 9.59. The van der Waals surface area contributed by atoms with Gasteiger partial charge in [0.25, 0.3) is 0 Å². The Bertz CT molecular complexity index is 165. The molecule has 0 aliphatic carbocycles. The standard InChI is InChI=1S/C8H19NO2Si/c1-6-7(8(10)11)9(2)12(3,4)5/h7H,6H2,1-5H3,(H,10,11). The molecule has 0 radical (unpaired) electrons. The maximum absolute atomic E-state index is 10.8. The Morgan fingerprint density at radius 3 is 2.00 bits per heavy atom. The second-order valence-electron chi connectivity index (χ2n) is 4.04. The van der Waals surface area contributed by atoms with Crippen LogP contribution in [0.2, 0.25) is 19.6 Å². The maximum atomic E-state index is 10.8. The highest BCUT2D eigenvalue weighted by molar-refractivity contribution is 6.73. The van der Waals surface area contributed by atoms with Gasteiger partial charge >= 0.3 is 5.97 Å². The molecule has 0 aromatic rings. The Labute approximate surface area is 75.5 Å². The Morgan fingerprint density at radius 2 is 1.92 bits per heavy atom. The number of rotatable bonds is 4. The van der Waals surface area contributed by atoms with Gasteiger partial charge in [-0.15, -0.1) is 0 Å². The van der Waals surface area contributed by atoms with Crippen molar-refractivity contribution >= 4 is 14.2 Å². The van der Waals surface area contributed by atoms with Gasteiger partial charge in [-0.05, 0) is 13.5 Å². The van der Waals surface area contributed by atoms with Crippen molar-refractivity contribution in [2.45, 2.75) is 39.0 Å². The van der Waals surface area contributed by atoms with E-state index in [2.05, 4.69) is 19.6 Å². The van der Waals surface area contributed by atoms with Crippen molar-refractivity contribution in [1.82, 2.24) is 4.57 Å². The lowest BCUT2D eigenvalue weighted by molar-refractivity contribution is -0.141. The molecule has 4 heteroatoms. The molecule has 0 aromatic carbocycles. The summed E-state index contributed by atoms with van der Waals surface area (Å²) in [6.07, 6.45) is 0.677. The molecule has 3 nitrogen and oxygen atoms in total. The Kier molecular flexibility index (Phi) is 3.93. The fraction of sp³-hybridized carbons (Fsp3) is 0.875. The smallest absolute Gasteiger partial charge is 0.320 e. The van der Waals surface area contributed by atoms with E-state index in [4.69, 9.17) is 5.11 Å². The quantitative estimate of drug-likeness (QED) is 0.683. The number of nitrogens with zero attached hydrogens (tertiary/aromatic N) is 1. The van der Waals surface area contributed by atoms with Gasteiger partial charge in [-0.25, -0.2) is 0 Å². The molecule has 0 spiro atoms. The highest BCUT2D eigenvalue weighted by Crippen LogP contribution is 2.13. The molecule has 0 bridgehead atoms. The van der Waals surface area contributed by atoms with Gasteiger partial charge in [0.05, 0.1) is 0 Å². The zero-order valence-electron chi connectivity index (χ0n) is 8.59. The summed E-state index contributed by atoms with van der Waals surface area (Å²) in [5, 5.41) is 8.89. The number of carboxylic acid groups (broad SMARTS) is 1. The minimum Gasteiger partial charge on any atom is -0.480 e. The molecule has 0 rings (SSSR count). The van der Waals surface area contributed by atoms with Gasteiger partial charge < -0.3 is 9.67 Å². The monoisotopic (exact) mass is 189 g/mol. The van der Waals surface area contributed by atoms with Gasteiger partial charge in [0, 0.05) is 0 Å². The van der Waals surface area contributed by atoms with Crippen molar-refractivity contribution in [3.63, 3.8) is 0 Å². The van der Waals surface area contributed by atoms with Gasteiger partial charge in [0.1, 0.15) is 14.3 Å². The first-order chi connectivity index (χ1) is 5.30. The number of likely N-dealkylation sites (N-methyl/N-ethyl adjacent to an activating group) is 1. The second kappa shape index (κ2) is 4.05. The molecule has 0 fully saturated rings. The molecule has 0 aromatic heterocycles. The van der Waals surface area contributed by atoms with Crippen molar-refractivity contribution in [2.75, 3.05) is 7.05 Å². The van der Waals surface area contributed by atoms with Crippen LogP contribution in [0.15, 0.2) is 0 Å². The van der Waals surface area contributed by atoms with Crippen molar-refractivity contribution in [2.24, 2.45) is 0 Å². The molecule has 0 saturated heterocycles. The lowest BCUT2D eigenvalue weighted by atomic mass is 10.2. The van der Waals surface area contributed by atoms with Gasteiger partial charge in [0.2, 0.25) is 0 Å². The van der Waals surface area contributed by atoms with Crippen LogP contribution in [0.5, 0.6) is 0 Å². The van der Waals surface area contributed by atoms with Gasteiger partial charge in [0.15, 0.2) is 0 Å². The van der Waals surface area contributed by atoms with E-state index >= 15 is 0 Å². The summed E-state index contributed by atoms with van der Waals surface area (Å²) in [4.78, 5) is 10.8.